The first-order chi connectivity index (χ1) is 19.6. The summed E-state index contributed by atoms with van der Waals surface area (Å²) in [5.74, 6) is -0.962. The fourth-order valence-corrected chi connectivity index (χ4v) is 8.27. The number of hydrogen-bond donors (Lipinski definition) is 0. The topological polar surface area (TPSA) is 89.5 Å². The van der Waals surface area contributed by atoms with Crippen molar-refractivity contribution in [1.29, 1.82) is 0 Å². The van der Waals surface area contributed by atoms with Crippen LogP contribution in [0.25, 0.3) is 0 Å². The van der Waals surface area contributed by atoms with Crippen molar-refractivity contribution >= 4 is 20.3 Å². The summed E-state index contributed by atoms with van der Waals surface area (Å²) in [6.07, 6.45) is 3.08. The van der Waals surface area contributed by atoms with Crippen LogP contribution in [0.1, 0.15) is 66.2 Å². The van der Waals surface area contributed by atoms with Crippen LogP contribution in [0.3, 0.4) is 0 Å². The lowest BCUT2D eigenvalue weighted by Gasteiger charge is -2.61. The van der Waals surface area contributed by atoms with Crippen LogP contribution in [0, 0.1) is 22.2 Å². The van der Waals surface area contributed by atoms with E-state index in [0.717, 1.165) is 5.56 Å². The van der Waals surface area contributed by atoms with Gasteiger partial charge in [-0.3, -0.25) is 9.59 Å². The highest BCUT2D eigenvalue weighted by molar-refractivity contribution is 6.74. The summed E-state index contributed by atoms with van der Waals surface area (Å²) in [7, 11) is -0.766. The van der Waals surface area contributed by atoms with Gasteiger partial charge < -0.3 is 28.1 Å². The van der Waals surface area contributed by atoms with Crippen LogP contribution in [0.15, 0.2) is 42.5 Å². The molecule has 232 valence electrons. The molecule has 9 heteroatoms. The van der Waals surface area contributed by atoms with E-state index in [4.69, 9.17) is 28.1 Å². The van der Waals surface area contributed by atoms with Crippen LogP contribution in [-0.2, 0) is 37.7 Å². The number of methoxy groups -OCH3 is 1. The third-order valence-electron chi connectivity index (χ3n) is 10.3. The number of esters is 2. The van der Waals surface area contributed by atoms with E-state index in [1.54, 1.807) is 0 Å². The highest BCUT2D eigenvalue weighted by Gasteiger charge is 2.75. The number of hydrogen-bond acceptors (Lipinski definition) is 8. The van der Waals surface area contributed by atoms with Crippen molar-refractivity contribution in [2.24, 2.45) is 22.2 Å². The molecule has 2 saturated heterocycles. The van der Waals surface area contributed by atoms with Crippen molar-refractivity contribution < 1.29 is 37.7 Å². The van der Waals surface area contributed by atoms with Crippen LogP contribution in [-0.4, -0.2) is 65.0 Å². The largest absolute Gasteiger partial charge is 0.468 e. The van der Waals surface area contributed by atoms with E-state index in [-0.39, 0.29) is 48.3 Å². The molecule has 0 N–H and O–H groups in total. The van der Waals surface area contributed by atoms with E-state index in [2.05, 4.69) is 46.0 Å². The lowest BCUT2D eigenvalue weighted by atomic mass is 9.48. The molecule has 2 aliphatic heterocycles. The molecule has 8 atom stereocenters. The summed E-state index contributed by atoms with van der Waals surface area (Å²) in [4.78, 5) is 26.8. The monoisotopic (exact) mass is 600 g/mol. The van der Waals surface area contributed by atoms with Crippen LogP contribution in [0.5, 0.6) is 0 Å². The van der Waals surface area contributed by atoms with Gasteiger partial charge in [0.1, 0.15) is 5.41 Å². The molecule has 2 aliphatic carbocycles. The lowest BCUT2D eigenvalue weighted by Crippen LogP contribution is -2.69. The molecule has 0 unspecified atom stereocenters. The van der Waals surface area contributed by atoms with Gasteiger partial charge in [-0.1, -0.05) is 63.3 Å². The van der Waals surface area contributed by atoms with Gasteiger partial charge in [0.2, 0.25) is 0 Å². The average molecular weight is 601 g/mol. The Morgan fingerprint density at radius 3 is 2.31 bits per heavy atom. The van der Waals surface area contributed by atoms with Crippen molar-refractivity contribution in [2.45, 2.75) is 103 Å². The number of carbonyl (C=O) groups excluding carboxylic acids is 2. The van der Waals surface area contributed by atoms with E-state index in [1.165, 1.54) is 7.11 Å². The third-order valence-corrected chi connectivity index (χ3v) is 14.8. The Bertz CT molecular complexity index is 1200. The van der Waals surface area contributed by atoms with Gasteiger partial charge in [-0.15, -0.1) is 0 Å². The van der Waals surface area contributed by atoms with Crippen molar-refractivity contribution in [3.05, 3.63) is 48.0 Å². The molecule has 0 amide bonds. The zero-order valence-electron chi connectivity index (χ0n) is 26.6. The Morgan fingerprint density at radius 1 is 1.02 bits per heavy atom. The SMILES string of the molecule is COC(=O)[C@]12CO[C@@H]3[C@@H]1[C@@](CCOC(=O)C(C)(C)C)(C=C[C@H]3O[Si](C)(C)C(C)(C)C)[C@@H]1C[C@H]2O[C@H](c2ccccc2)O1. The first kappa shape index (κ1) is 31.4. The number of fused-ring (bicyclic) bond motifs is 4. The summed E-state index contributed by atoms with van der Waals surface area (Å²) < 4.78 is 38.3. The van der Waals surface area contributed by atoms with E-state index >= 15 is 0 Å². The maximum Gasteiger partial charge on any atom is 0.317 e. The maximum atomic E-state index is 14.0. The molecule has 3 fully saturated rings. The summed E-state index contributed by atoms with van der Waals surface area (Å²) in [5, 5.41) is -0.00717. The summed E-state index contributed by atoms with van der Waals surface area (Å²) in [6.45, 7) is 17.0. The molecular weight excluding hydrogens is 552 g/mol. The molecule has 1 aromatic carbocycles. The predicted octanol–water partition coefficient (Wildman–Crippen LogP) is 5.97. The fraction of sp³-hybridized carbons (Fsp3) is 0.697. The van der Waals surface area contributed by atoms with Gasteiger partial charge in [-0.25, -0.2) is 0 Å². The van der Waals surface area contributed by atoms with Crippen molar-refractivity contribution in [2.75, 3.05) is 20.3 Å². The zero-order chi connectivity index (χ0) is 30.7. The van der Waals surface area contributed by atoms with Crippen LogP contribution < -0.4 is 0 Å². The Morgan fingerprint density at radius 2 is 1.69 bits per heavy atom. The average Bonchev–Trinajstić information content (AvgIpc) is 3.35. The molecule has 0 spiro atoms. The summed E-state index contributed by atoms with van der Waals surface area (Å²) in [6, 6.07) is 9.79. The number of carbonyl (C=O) groups is 2. The summed E-state index contributed by atoms with van der Waals surface area (Å²) in [5.41, 5.74) is -1.48. The molecule has 1 aromatic rings. The molecule has 8 nitrogen and oxygen atoms in total. The van der Waals surface area contributed by atoms with Gasteiger partial charge in [0.05, 0.1) is 50.2 Å². The normalized spacial score (nSPS) is 35.8. The highest BCUT2D eigenvalue weighted by atomic mass is 28.4. The first-order valence-electron chi connectivity index (χ1n) is 15.2. The molecule has 0 radical (unpaired) electrons. The standard InChI is InChI=1S/C33H48O8Si/c1-30(2,3)28(34)37-18-17-32-16-15-22(41-42(8,9)31(4,5)6)25-26(32)33(20-38-25,29(35)36-7)24-19-23(32)39-27(40-24)21-13-11-10-12-14-21/h10-16,22-27H,17-20H2,1-9H3/t22-,23+,24-,25+,26-,27-,32-,33+/m1/s1. The van der Waals surface area contributed by atoms with Gasteiger partial charge in [0, 0.05) is 23.3 Å². The van der Waals surface area contributed by atoms with E-state index < -0.39 is 43.1 Å². The van der Waals surface area contributed by atoms with Crippen molar-refractivity contribution in [3.63, 3.8) is 0 Å². The molecule has 2 bridgehead atoms. The minimum Gasteiger partial charge on any atom is -0.468 e. The third kappa shape index (κ3) is 5.09. The summed E-state index contributed by atoms with van der Waals surface area (Å²) >= 11 is 0. The molecule has 4 aliphatic rings. The van der Waals surface area contributed by atoms with E-state index in [9.17, 15) is 9.59 Å². The van der Waals surface area contributed by atoms with Crippen LogP contribution in [0.2, 0.25) is 18.1 Å². The Balaban J connectivity index is 1.60. The Kier molecular flexibility index (Phi) is 8.10. The quantitative estimate of drug-likeness (QED) is 0.215. The van der Waals surface area contributed by atoms with Gasteiger partial charge in [0.25, 0.3) is 0 Å². The number of rotatable bonds is 7. The lowest BCUT2D eigenvalue weighted by molar-refractivity contribution is -0.327. The molecule has 0 aromatic heterocycles. The maximum absolute atomic E-state index is 14.0. The van der Waals surface area contributed by atoms with Gasteiger partial charge in [-0.05, 0) is 45.3 Å². The second-order valence-electron chi connectivity index (χ2n) is 15.0. The van der Waals surface area contributed by atoms with Crippen molar-refractivity contribution in [1.82, 2.24) is 0 Å². The van der Waals surface area contributed by atoms with Crippen LogP contribution >= 0.6 is 0 Å². The molecule has 1 saturated carbocycles. The Labute approximate surface area is 251 Å². The minimum atomic E-state index is -2.20. The highest BCUT2D eigenvalue weighted by Crippen LogP contribution is 2.66. The number of benzene rings is 1. The van der Waals surface area contributed by atoms with Gasteiger partial charge in [0.15, 0.2) is 14.6 Å². The molecule has 5 rings (SSSR count). The van der Waals surface area contributed by atoms with Gasteiger partial charge in [-0.2, -0.15) is 0 Å². The Hall–Kier alpha value is -2.04. The fourth-order valence-electron chi connectivity index (χ4n) is 7.02. The van der Waals surface area contributed by atoms with E-state index in [1.807, 2.05) is 51.1 Å². The van der Waals surface area contributed by atoms with E-state index in [0.29, 0.717) is 12.8 Å². The van der Waals surface area contributed by atoms with Gasteiger partial charge >= 0.3 is 11.9 Å². The molecular formula is C33H48O8Si. The zero-order valence-corrected chi connectivity index (χ0v) is 27.6. The predicted molar refractivity (Wildman–Crippen MR) is 160 cm³/mol. The van der Waals surface area contributed by atoms with Crippen LogP contribution in [0.4, 0.5) is 0 Å². The van der Waals surface area contributed by atoms with Crippen molar-refractivity contribution in [3.8, 4) is 0 Å². The molecule has 42 heavy (non-hydrogen) atoms. The minimum absolute atomic E-state index is 0.00717. The smallest absolute Gasteiger partial charge is 0.317 e. The molecule has 2 heterocycles. The second-order valence-corrected chi connectivity index (χ2v) is 19.7. The second kappa shape index (κ2) is 10.8. The first-order valence-corrected chi connectivity index (χ1v) is 18.1. The number of ether oxygens (including phenoxy) is 5.